The molecule has 21 heavy (non-hydrogen) atoms. The number of rotatable bonds is 4. The summed E-state index contributed by atoms with van der Waals surface area (Å²) in [5, 5.41) is 7.77. The van der Waals surface area contributed by atoms with Gasteiger partial charge in [0.2, 0.25) is 0 Å². The molecule has 104 valence electrons. The third kappa shape index (κ3) is 3.14. The summed E-state index contributed by atoms with van der Waals surface area (Å²) in [5.41, 5.74) is 1.96. The van der Waals surface area contributed by atoms with Gasteiger partial charge in [0.25, 0.3) is 0 Å². The van der Waals surface area contributed by atoms with Crippen LogP contribution in [0.1, 0.15) is 16.1 Å². The molecule has 0 aliphatic rings. The fourth-order valence-corrected chi connectivity index (χ4v) is 1.86. The van der Waals surface area contributed by atoms with Crippen LogP contribution in [0.4, 0.5) is 0 Å². The van der Waals surface area contributed by atoms with E-state index >= 15 is 0 Å². The molecule has 5 heteroatoms. The van der Waals surface area contributed by atoms with Gasteiger partial charge in [0.15, 0.2) is 5.69 Å². The van der Waals surface area contributed by atoms with Gasteiger partial charge in [-0.05, 0) is 17.7 Å². The van der Waals surface area contributed by atoms with E-state index in [1.54, 1.807) is 10.9 Å². The fourth-order valence-electron chi connectivity index (χ4n) is 1.86. The minimum Gasteiger partial charge on any atom is -0.456 e. The molecule has 0 radical (unpaired) electrons. The number of ether oxygens (including phenoxy) is 1. The van der Waals surface area contributed by atoms with E-state index in [2.05, 4.69) is 10.3 Å². The van der Waals surface area contributed by atoms with Crippen molar-refractivity contribution in [3.8, 4) is 5.69 Å². The van der Waals surface area contributed by atoms with Crippen molar-refractivity contribution in [2.75, 3.05) is 0 Å². The van der Waals surface area contributed by atoms with E-state index in [0.717, 1.165) is 11.3 Å². The van der Waals surface area contributed by atoms with Gasteiger partial charge in [-0.1, -0.05) is 53.7 Å². The Hall–Kier alpha value is -2.95. The smallest absolute Gasteiger partial charge is 0.360 e. The highest BCUT2D eigenvalue weighted by molar-refractivity contribution is 5.86. The van der Waals surface area contributed by atoms with Crippen molar-refractivity contribution in [2.45, 2.75) is 6.61 Å². The van der Waals surface area contributed by atoms with Crippen LogP contribution in [0.15, 0.2) is 66.9 Å². The van der Waals surface area contributed by atoms with Gasteiger partial charge in [0, 0.05) is 0 Å². The fraction of sp³-hybridized carbons (Fsp3) is 0.0625. The molecular weight excluding hydrogens is 266 g/mol. The lowest BCUT2D eigenvalue weighted by molar-refractivity contribution is 0.0465. The minimum atomic E-state index is -0.485. The topological polar surface area (TPSA) is 57.0 Å². The summed E-state index contributed by atoms with van der Waals surface area (Å²) in [7, 11) is 0. The Labute approximate surface area is 121 Å². The zero-order valence-electron chi connectivity index (χ0n) is 11.2. The SMILES string of the molecule is O=C(OCc1ccccc1)c1cn(-c2ccccc2)nn1. The van der Waals surface area contributed by atoms with Gasteiger partial charge in [-0.3, -0.25) is 0 Å². The van der Waals surface area contributed by atoms with Crippen molar-refractivity contribution in [2.24, 2.45) is 0 Å². The Morgan fingerprint density at radius 1 is 1.00 bits per heavy atom. The van der Waals surface area contributed by atoms with Gasteiger partial charge in [0.05, 0.1) is 11.9 Å². The van der Waals surface area contributed by atoms with E-state index in [9.17, 15) is 4.79 Å². The molecule has 0 aliphatic heterocycles. The number of benzene rings is 2. The average Bonchev–Trinajstić information content (AvgIpc) is 3.04. The number of hydrogen-bond donors (Lipinski definition) is 0. The lowest BCUT2D eigenvalue weighted by Crippen LogP contribution is -2.05. The average molecular weight is 279 g/mol. The lowest BCUT2D eigenvalue weighted by atomic mass is 10.2. The molecule has 1 aromatic heterocycles. The van der Waals surface area contributed by atoms with E-state index in [-0.39, 0.29) is 12.3 Å². The Bertz CT molecular complexity index is 724. The first kappa shape index (κ1) is 13.1. The van der Waals surface area contributed by atoms with E-state index in [1.165, 1.54) is 0 Å². The number of para-hydroxylation sites is 1. The van der Waals surface area contributed by atoms with Crippen LogP contribution in [-0.4, -0.2) is 21.0 Å². The van der Waals surface area contributed by atoms with E-state index < -0.39 is 5.97 Å². The zero-order chi connectivity index (χ0) is 14.5. The molecule has 3 aromatic rings. The van der Waals surface area contributed by atoms with Crippen molar-refractivity contribution in [1.82, 2.24) is 15.0 Å². The van der Waals surface area contributed by atoms with Crippen LogP contribution in [-0.2, 0) is 11.3 Å². The number of carbonyl (C=O) groups is 1. The van der Waals surface area contributed by atoms with Crippen LogP contribution in [0.2, 0.25) is 0 Å². The second kappa shape index (κ2) is 6.00. The molecule has 0 amide bonds. The molecule has 5 nitrogen and oxygen atoms in total. The van der Waals surface area contributed by atoms with Crippen LogP contribution in [0, 0.1) is 0 Å². The largest absolute Gasteiger partial charge is 0.456 e. The molecule has 0 N–H and O–H groups in total. The van der Waals surface area contributed by atoms with Crippen LogP contribution < -0.4 is 0 Å². The van der Waals surface area contributed by atoms with Crippen molar-refractivity contribution in [3.05, 3.63) is 78.1 Å². The highest BCUT2D eigenvalue weighted by Gasteiger charge is 2.13. The van der Waals surface area contributed by atoms with Crippen LogP contribution in [0.3, 0.4) is 0 Å². The molecule has 0 unspecified atom stereocenters. The third-order valence-corrected chi connectivity index (χ3v) is 2.94. The van der Waals surface area contributed by atoms with Gasteiger partial charge >= 0.3 is 5.97 Å². The molecule has 0 saturated carbocycles. The molecule has 0 saturated heterocycles. The first-order valence-electron chi connectivity index (χ1n) is 6.52. The van der Waals surface area contributed by atoms with Crippen molar-refractivity contribution in [1.29, 1.82) is 0 Å². The molecule has 1 heterocycles. The van der Waals surface area contributed by atoms with Crippen LogP contribution >= 0.6 is 0 Å². The molecule has 0 spiro atoms. The molecular formula is C16H13N3O2. The first-order valence-corrected chi connectivity index (χ1v) is 6.52. The Kier molecular flexibility index (Phi) is 3.73. The molecule has 0 bridgehead atoms. The zero-order valence-corrected chi connectivity index (χ0v) is 11.2. The summed E-state index contributed by atoms with van der Waals surface area (Å²) >= 11 is 0. The van der Waals surface area contributed by atoms with Crippen LogP contribution in [0.25, 0.3) is 5.69 Å². The molecule has 0 atom stereocenters. The van der Waals surface area contributed by atoms with Crippen molar-refractivity contribution >= 4 is 5.97 Å². The van der Waals surface area contributed by atoms with Crippen molar-refractivity contribution < 1.29 is 9.53 Å². The summed E-state index contributed by atoms with van der Waals surface area (Å²) in [6.45, 7) is 0.220. The van der Waals surface area contributed by atoms with Gasteiger partial charge in [-0.2, -0.15) is 0 Å². The number of nitrogens with zero attached hydrogens (tertiary/aromatic N) is 3. The second-order valence-corrected chi connectivity index (χ2v) is 4.45. The maximum absolute atomic E-state index is 11.9. The van der Waals surface area contributed by atoms with E-state index in [0.29, 0.717) is 0 Å². The number of hydrogen-bond acceptors (Lipinski definition) is 4. The summed E-state index contributed by atoms with van der Waals surface area (Å²) in [6, 6.07) is 19.0. The first-order chi connectivity index (χ1) is 10.3. The lowest BCUT2D eigenvalue weighted by Gasteiger charge is -2.02. The number of carbonyl (C=O) groups excluding carboxylic acids is 1. The van der Waals surface area contributed by atoms with Gasteiger partial charge in [-0.25, -0.2) is 9.48 Å². The quantitative estimate of drug-likeness (QED) is 0.689. The highest BCUT2D eigenvalue weighted by atomic mass is 16.5. The highest BCUT2D eigenvalue weighted by Crippen LogP contribution is 2.08. The predicted octanol–water partition coefficient (Wildman–Crippen LogP) is 2.62. The maximum atomic E-state index is 11.9. The normalized spacial score (nSPS) is 10.3. The molecule has 0 aliphatic carbocycles. The molecule has 3 rings (SSSR count). The van der Waals surface area contributed by atoms with Gasteiger partial charge < -0.3 is 4.74 Å². The van der Waals surface area contributed by atoms with E-state index in [4.69, 9.17) is 4.74 Å². The minimum absolute atomic E-state index is 0.190. The van der Waals surface area contributed by atoms with E-state index in [1.807, 2.05) is 60.7 Å². The standard InChI is InChI=1S/C16H13N3O2/c20-16(21-12-13-7-3-1-4-8-13)15-11-19(18-17-15)14-9-5-2-6-10-14/h1-11H,12H2. The molecule has 0 fully saturated rings. The Morgan fingerprint density at radius 3 is 2.38 bits per heavy atom. The maximum Gasteiger partial charge on any atom is 0.360 e. The third-order valence-electron chi connectivity index (χ3n) is 2.94. The summed E-state index contributed by atoms with van der Waals surface area (Å²) in [4.78, 5) is 11.9. The predicted molar refractivity (Wildman–Crippen MR) is 76.9 cm³/mol. The summed E-state index contributed by atoms with van der Waals surface area (Å²) < 4.78 is 6.75. The summed E-state index contributed by atoms with van der Waals surface area (Å²) in [5.74, 6) is -0.485. The Morgan fingerprint density at radius 2 is 1.67 bits per heavy atom. The summed E-state index contributed by atoms with van der Waals surface area (Å²) in [6.07, 6.45) is 1.56. The number of aromatic nitrogens is 3. The van der Waals surface area contributed by atoms with Crippen LogP contribution in [0.5, 0.6) is 0 Å². The Balaban J connectivity index is 1.67. The molecule has 2 aromatic carbocycles. The second-order valence-electron chi connectivity index (χ2n) is 4.45. The number of esters is 1. The van der Waals surface area contributed by atoms with Gasteiger partial charge in [-0.15, -0.1) is 5.10 Å². The monoisotopic (exact) mass is 279 g/mol. The van der Waals surface area contributed by atoms with Crippen molar-refractivity contribution in [3.63, 3.8) is 0 Å². The van der Waals surface area contributed by atoms with Gasteiger partial charge in [0.1, 0.15) is 6.61 Å².